The molecule has 3 aromatic heterocycles. The average molecular weight is 257 g/mol. The zero-order chi connectivity index (χ0) is 13.2. The van der Waals surface area contributed by atoms with Gasteiger partial charge >= 0.3 is 5.97 Å². The standard InChI is InChI=1S/C13H11N3O3/c17-13(18)11-12-14-6-2-7-16(12)10(15-11)5-4-9-3-1-8-19-9/h1-3,6-8H,4-5H2,(H,17,18). The van der Waals surface area contributed by atoms with Crippen molar-refractivity contribution in [3.05, 3.63) is 54.1 Å². The number of hydrogen-bond donors (Lipinski definition) is 1. The van der Waals surface area contributed by atoms with E-state index in [1.54, 1.807) is 29.1 Å². The number of hydrogen-bond acceptors (Lipinski definition) is 4. The number of fused-ring (bicyclic) bond motifs is 1. The molecule has 6 heteroatoms. The lowest BCUT2D eigenvalue weighted by atomic mass is 10.2. The Balaban J connectivity index is 1.97. The maximum absolute atomic E-state index is 11.1. The Bertz CT molecular complexity index is 716. The van der Waals surface area contributed by atoms with Crippen LogP contribution in [-0.4, -0.2) is 25.4 Å². The van der Waals surface area contributed by atoms with Crippen LogP contribution in [0.15, 0.2) is 41.3 Å². The van der Waals surface area contributed by atoms with E-state index in [4.69, 9.17) is 9.52 Å². The van der Waals surface area contributed by atoms with Gasteiger partial charge in [-0.1, -0.05) is 0 Å². The van der Waals surface area contributed by atoms with Gasteiger partial charge in [0.2, 0.25) is 0 Å². The molecule has 0 fully saturated rings. The molecule has 0 saturated heterocycles. The molecular formula is C13H11N3O3. The first-order chi connectivity index (χ1) is 9.25. The zero-order valence-electron chi connectivity index (χ0n) is 9.98. The fourth-order valence-electron chi connectivity index (χ4n) is 2.00. The minimum Gasteiger partial charge on any atom is -0.476 e. The number of rotatable bonds is 4. The van der Waals surface area contributed by atoms with Gasteiger partial charge in [0.25, 0.3) is 0 Å². The van der Waals surface area contributed by atoms with Crippen LogP contribution in [0.5, 0.6) is 0 Å². The van der Waals surface area contributed by atoms with Gasteiger partial charge in [-0.05, 0) is 18.2 Å². The molecule has 0 aliphatic heterocycles. The number of imidazole rings is 1. The van der Waals surface area contributed by atoms with Crippen LogP contribution in [-0.2, 0) is 12.8 Å². The zero-order valence-corrected chi connectivity index (χ0v) is 9.98. The number of furan rings is 1. The van der Waals surface area contributed by atoms with Gasteiger partial charge in [0.05, 0.1) is 6.26 Å². The lowest BCUT2D eigenvalue weighted by molar-refractivity contribution is 0.0693. The first-order valence-electron chi connectivity index (χ1n) is 5.83. The third-order valence-electron chi connectivity index (χ3n) is 2.85. The molecule has 0 atom stereocenters. The monoisotopic (exact) mass is 257 g/mol. The van der Waals surface area contributed by atoms with Gasteiger partial charge in [0.1, 0.15) is 11.6 Å². The number of carboxylic acid groups (broad SMARTS) is 1. The van der Waals surface area contributed by atoms with Crippen molar-refractivity contribution in [1.29, 1.82) is 0 Å². The van der Waals surface area contributed by atoms with Crippen LogP contribution in [0.3, 0.4) is 0 Å². The summed E-state index contributed by atoms with van der Waals surface area (Å²) in [6, 6.07) is 5.45. The molecule has 19 heavy (non-hydrogen) atoms. The summed E-state index contributed by atoms with van der Waals surface area (Å²) < 4.78 is 6.95. The molecule has 6 nitrogen and oxygen atoms in total. The average Bonchev–Trinajstić information content (AvgIpc) is 3.04. The Labute approximate surface area is 108 Å². The van der Waals surface area contributed by atoms with Gasteiger partial charge in [-0.2, -0.15) is 0 Å². The fraction of sp³-hybridized carbons (Fsp3) is 0.154. The van der Waals surface area contributed by atoms with E-state index >= 15 is 0 Å². The highest BCUT2D eigenvalue weighted by Crippen LogP contribution is 2.13. The van der Waals surface area contributed by atoms with Crippen LogP contribution in [0.1, 0.15) is 22.1 Å². The number of carboxylic acids is 1. The molecule has 0 radical (unpaired) electrons. The van der Waals surface area contributed by atoms with E-state index in [1.807, 2.05) is 12.1 Å². The predicted octanol–water partition coefficient (Wildman–Crippen LogP) is 1.81. The SMILES string of the molecule is O=C(O)c1nc(CCc2ccco2)n2cccnc12. The smallest absolute Gasteiger partial charge is 0.358 e. The van der Waals surface area contributed by atoms with E-state index in [9.17, 15) is 4.79 Å². The molecule has 0 unspecified atom stereocenters. The van der Waals surface area contributed by atoms with Gasteiger partial charge in [-0.3, -0.25) is 4.40 Å². The molecule has 3 aromatic rings. The largest absolute Gasteiger partial charge is 0.476 e. The fourth-order valence-corrected chi connectivity index (χ4v) is 2.00. The first kappa shape index (κ1) is 11.5. The van der Waals surface area contributed by atoms with Gasteiger partial charge in [-0.25, -0.2) is 14.8 Å². The summed E-state index contributed by atoms with van der Waals surface area (Å²) in [5.74, 6) is 0.440. The van der Waals surface area contributed by atoms with Crippen molar-refractivity contribution in [3.8, 4) is 0 Å². The highest BCUT2D eigenvalue weighted by molar-refractivity contribution is 5.92. The van der Waals surface area contributed by atoms with Crippen LogP contribution >= 0.6 is 0 Å². The number of carbonyl (C=O) groups is 1. The molecule has 0 amide bonds. The topological polar surface area (TPSA) is 80.6 Å². The van der Waals surface area contributed by atoms with Crippen LogP contribution in [0, 0.1) is 0 Å². The van der Waals surface area contributed by atoms with Crippen molar-refractivity contribution in [2.75, 3.05) is 0 Å². The Morgan fingerprint density at radius 2 is 2.26 bits per heavy atom. The van der Waals surface area contributed by atoms with E-state index in [0.717, 1.165) is 5.76 Å². The highest BCUT2D eigenvalue weighted by atomic mass is 16.4. The summed E-state index contributed by atoms with van der Waals surface area (Å²) in [6.07, 6.45) is 6.19. The second-order valence-electron chi connectivity index (χ2n) is 4.07. The van der Waals surface area contributed by atoms with Crippen molar-refractivity contribution in [3.63, 3.8) is 0 Å². The molecule has 0 aliphatic rings. The van der Waals surface area contributed by atoms with Gasteiger partial charge in [0, 0.05) is 25.2 Å². The summed E-state index contributed by atoms with van der Waals surface area (Å²) in [5.41, 5.74) is 0.347. The normalized spacial score (nSPS) is 10.9. The molecule has 0 saturated carbocycles. The highest BCUT2D eigenvalue weighted by Gasteiger charge is 2.17. The summed E-state index contributed by atoms with van der Waals surface area (Å²) in [5, 5.41) is 9.11. The Hall–Kier alpha value is -2.63. The minimum atomic E-state index is -1.07. The third kappa shape index (κ3) is 2.08. The number of aromatic nitrogens is 3. The maximum Gasteiger partial charge on any atom is 0.358 e. The van der Waals surface area contributed by atoms with Crippen molar-refractivity contribution in [2.45, 2.75) is 12.8 Å². The van der Waals surface area contributed by atoms with E-state index in [0.29, 0.717) is 24.3 Å². The molecular weight excluding hydrogens is 246 g/mol. The summed E-state index contributed by atoms with van der Waals surface area (Å²) in [7, 11) is 0. The van der Waals surface area contributed by atoms with Crippen LogP contribution in [0.2, 0.25) is 0 Å². The van der Waals surface area contributed by atoms with Gasteiger partial charge < -0.3 is 9.52 Å². The molecule has 96 valence electrons. The van der Waals surface area contributed by atoms with Gasteiger partial charge in [0.15, 0.2) is 11.3 Å². The summed E-state index contributed by atoms with van der Waals surface area (Å²) in [4.78, 5) is 19.3. The maximum atomic E-state index is 11.1. The third-order valence-corrected chi connectivity index (χ3v) is 2.85. The van der Waals surface area contributed by atoms with Crippen LogP contribution in [0.25, 0.3) is 5.65 Å². The van der Waals surface area contributed by atoms with Gasteiger partial charge in [-0.15, -0.1) is 0 Å². The molecule has 3 rings (SSSR count). The van der Waals surface area contributed by atoms with Crippen molar-refractivity contribution >= 4 is 11.6 Å². The first-order valence-corrected chi connectivity index (χ1v) is 5.83. The minimum absolute atomic E-state index is 0.0185. The molecule has 0 aliphatic carbocycles. The molecule has 0 spiro atoms. The molecule has 3 heterocycles. The van der Waals surface area contributed by atoms with Crippen molar-refractivity contribution in [2.24, 2.45) is 0 Å². The lowest BCUT2D eigenvalue weighted by Gasteiger charge is -1.98. The van der Waals surface area contributed by atoms with Crippen LogP contribution < -0.4 is 0 Å². The number of aryl methyl sites for hydroxylation is 2. The number of aromatic carboxylic acids is 1. The Kier molecular flexibility index (Phi) is 2.75. The second kappa shape index (κ2) is 4.56. The summed E-state index contributed by atoms with van der Waals surface area (Å²) >= 11 is 0. The molecule has 1 N–H and O–H groups in total. The molecule has 0 aromatic carbocycles. The Morgan fingerprint density at radius 1 is 1.37 bits per heavy atom. The van der Waals surface area contributed by atoms with E-state index in [1.165, 1.54) is 0 Å². The quantitative estimate of drug-likeness (QED) is 0.770. The van der Waals surface area contributed by atoms with Crippen LogP contribution in [0.4, 0.5) is 0 Å². The van der Waals surface area contributed by atoms with E-state index < -0.39 is 5.97 Å². The predicted molar refractivity (Wildman–Crippen MR) is 66.1 cm³/mol. The lowest BCUT2D eigenvalue weighted by Crippen LogP contribution is -1.98. The van der Waals surface area contributed by atoms with Crippen molar-refractivity contribution < 1.29 is 14.3 Å². The Morgan fingerprint density at radius 3 is 3.00 bits per heavy atom. The van der Waals surface area contributed by atoms with Crippen molar-refractivity contribution in [1.82, 2.24) is 14.4 Å². The molecule has 0 bridgehead atoms. The second-order valence-corrected chi connectivity index (χ2v) is 4.07. The van der Waals surface area contributed by atoms with E-state index in [2.05, 4.69) is 9.97 Å². The summed E-state index contributed by atoms with van der Waals surface area (Å²) in [6.45, 7) is 0. The number of nitrogens with zero attached hydrogens (tertiary/aromatic N) is 3. The van der Waals surface area contributed by atoms with E-state index in [-0.39, 0.29) is 5.69 Å².